The predicted molar refractivity (Wildman–Crippen MR) is 60.1 cm³/mol. The van der Waals surface area contributed by atoms with E-state index in [9.17, 15) is 9.18 Å². The third kappa shape index (κ3) is 2.05. The first-order valence-corrected chi connectivity index (χ1v) is 5.87. The Morgan fingerprint density at radius 2 is 2.06 bits per heavy atom. The van der Waals surface area contributed by atoms with Crippen LogP contribution < -0.4 is 0 Å². The van der Waals surface area contributed by atoms with Gasteiger partial charge in [-0.05, 0) is 5.56 Å². The van der Waals surface area contributed by atoms with E-state index < -0.39 is 6.17 Å². The lowest BCUT2D eigenvalue weighted by Gasteiger charge is -2.23. The summed E-state index contributed by atoms with van der Waals surface area (Å²) in [5.41, 5.74) is 1.00. The second-order valence-electron chi connectivity index (χ2n) is 4.57. The first-order chi connectivity index (χ1) is 8.25. The van der Waals surface area contributed by atoms with Crippen LogP contribution in [0.2, 0.25) is 0 Å². The van der Waals surface area contributed by atoms with Crippen LogP contribution in [0.5, 0.6) is 0 Å². The monoisotopic (exact) mass is 235 g/mol. The number of nitrogens with zero attached hydrogens (tertiary/aromatic N) is 1. The van der Waals surface area contributed by atoms with E-state index in [-0.39, 0.29) is 24.6 Å². The number of hydrogen-bond donors (Lipinski definition) is 0. The number of halogens is 1. The van der Waals surface area contributed by atoms with Gasteiger partial charge in [0, 0.05) is 6.42 Å². The highest BCUT2D eigenvalue weighted by atomic mass is 19.1. The quantitative estimate of drug-likeness (QED) is 0.731. The molecule has 2 aliphatic rings. The maximum absolute atomic E-state index is 13.5. The van der Waals surface area contributed by atoms with Gasteiger partial charge in [0.2, 0.25) is 0 Å². The van der Waals surface area contributed by atoms with Crippen molar-refractivity contribution in [2.24, 2.45) is 0 Å². The largest absolute Gasteiger partial charge is 0.363 e. The average molecular weight is 235 g/mol. The van der Waals surface area contributed by atoms with Crippen molar-refractivity contribution in [3.05, 3.63) is 35.9 Å². The van der Waals surface area contributed by atoms with Crippen LogP contribution in [0.1, 0.15) is 18.0 Å². The van der Waals surface area contributed by atoms with Gasteiger partial charge in [0.05, 0.1) is 19.2 Å². The molecule has 2 heterocycles. The number of benzene rings is 1. The molecule has 2 fully saturated rings. The van der Waals surface area contributed by atoms with Gasteiger partial charge in [-0.25, -0.2) is 4.39 Å². The molecule has 90 valence electrons. The summed E-state index contributed by atoms with van der Waals surface area (Å²) in [6.45, 7) is 0.673. The van der Waals surface area contributed by atoms with E-state index in [4.69, 9.17) is 4.74 Å². The Labute approximate surface area is 99.2 Å². The van der Waals surface area contributed by atoms with Crippen molar-refractivity contribution < 1.29 is 13.9 Å². The number of likely N-dealkylation sites (tertiary alicyclic amines) is 1. The molecule has 1 aromatic carbocycles. The molecule has 3 atom stereocenters. The second-order valence-corrected chi connectivity index (χ2v) is 4.57. The van der Waals surface area contributed by atoms with E-state index in [0.717, 1.165) is 5.56 Å². The molecule has 1 aromatic rings. The molecule has 0 aliphatic carbocycles. The van der Waals surface area contributed by atoms with Crippen LogP contribution >= 0.6 is 0 Å². The molecule has 3 unspecified atom stereocenters. The molecule has 3 nitrogen and oxygen atoms in total. The molecule has 1 amide bonds. The maximum Gasteiger partial charge on any atom is 0.254 e. The van der Waals surface area contributed by atoms with Crippen LogP contribution in [0.3, 0.4) is 0 Å². The van der Waals surface area contributed by atoms with Crippen LogP contribution in [0.15, 0.2) is 30.3 Å². The molecule has 0 bridgehead atoms. The molecule has 0 aromatic heterocycles. The van der Waals surface area contributed by atoms with Crippen molar-refractivity contribution in [1.82, 2.24) is 4.90 Å². The van der Waals surface area contributed by atoms with E-state index in [2.05, 4.69) is 0 Å². The van der Waals surface area contributed by atoms with Crippen molar-refractivity contribution in [2.45, 2.75) is 24.7 Å². The number of alkyl halides is 1. The first kappa shape index (κ1) is 10.7. The molecule has 2 saturated heterocycles. The van der Waals surface area contributed by atoms with Crippen molar-refractivity contribution in [3.63, 3.8) is 0 Å². The molecule has 0 saturated carbocycles. The molecule has 0 N–H and O–H groups in total. The van der Waals surface area contributed by atoms with Crippen LogP contribution in [0.25, 0.3) is 0 Å². The van der Waals surface area contributed by atoms with Crippen LogP contribution in [0.4, 0.5) is 4.39 Å². The summed E-state index contributed by atoms with van der Waals surface area (Å²) < 4.78 is 18.5. The van der Waals surface area contributed by atoms with E-state index in [1.165, 1.54) is 0 Å². The summed E-state index contributed by atoms with van der Waals surface area (Å²) in [7, 11) is 0. The number of ether oxygens (including phenoxy) is 1. The van der Waals surface area contributed by atoms with E-state index in [0.29, 0.717) is 13.0 Å². The maximum atomic E-state index is 13.5. The molecular formula is C13H14FNO2. The molecule has 0 spiro atoms. The third-order valence-corrected chi connectivity index (χ3v) is 3.33. The van der Waals surface area contributed by atoms with Crippen LogP contribution in [-0.4, -0.2) is 36.2 Å². The van der Waals surface area contributed by atoms with Gasteiger partial charge in [-0.2, -0.15) is 0 Å². The SMILES string of the molecule is O=C(C1CO1)N1CC(F)CC1c1ccccc1. The summed E-state index contributed by atoms with van der Waals surface area (Å²) in [6.07, 6.45) is -0.864. The van der Waals surface area contributed by atoms with E-state index in [1.807, 2.05) is 30.3 Å². The number of carbonyl (C=O) groups excluding carboxylic acids is 1. The summed E-state index contributed by atoms with van der Waals surface area (Å²) in [4.78, 5) is 13.6. The highest BCUT2D eigenvalue weighted by Crippen LogP contribution is 2.35. The Morgan fingerprint density at radius 1 is 1.35 bits per heavy atom. The normalized spacial score (nSPS) is 31.6. The lowest BCUT2D eigenvalue weighted by atomic mass is 10.0. The minimum absolute atomic E-state index is 0.0704. The molecule has 3 rings (SSSR count). The summed E-state index contributed by atoms with van der Waals surface area (Å²) in [5, 5.41) is 0. The van der Waals surface area contributed by atoms with E-state index >= 15 is 0 Å². The number of amides is 1. The second kappa shape index (κ2) is 4.11. The molecule has 2 aliphatic heterocycles. The van der Waals surface area contributed by atoms with Crippen molar-refractivity contribution in [2.75, 3.05) is 13.2 Å². The fraction of sp³-hybridized carbons (Fsp3) is 0.462. The third-order valence-electron chi connectivity index (χ3n) is 3.33. The zero-order chi connectivity index (χ0) is 11.8. The number of rotatable bonds is 2. The zero-order valence-corrected chi connectivity index (χ0v) is 9.38. The fourth-order valence-electron chi connectivity index (χ4n) is 2.40. The Balaban J connectivity index is 1.84. The van der Waals surface area contributed by atoms with Gasteiger partial charge in [-0.3, -0.25) is 4.79 Å². The van der Waals surface area contributed by atoms with Gasteiger partial charge in [0.1, 0.15) is 6.17 Å². The summed E-state index contributed by atoms with van der Waals surface area (Å²) >= 11 is 0. The topological polar surface area (TPSA) is 32.8 Å². The van der Waals surface area contributed by atoms with E-state index in [1.54, 1.807) is 4.90 Å². The van der Waals surface area contributed by atoms with Gasteiger partial charge < -0.3 is 9.64 Å². The van der Waals surface area contributed by atoms with Gasteiger partial charge in [0.25, 0.3) is 5.91 Å². The minimum atomic E-state index is -0.928. The van der Waals surface area contributed by atoms with Gasteiger partial charge in [-0.1, -0.05) is 30.3 Å². The smallest absolute Gasteiger partial charge is 0.254 e. The summed E-state index contributed by atoms with van der Waals surface area (Å²) in [6, 6.07) is 9.49. The number of hydrogen-bond acceptors (Lipinski definition) is 2. The first-order valence-electron chi connectivity index (χ1n) is 5.87. The Kier molecular flexibility index (Phi) is 2.59. The van der Waals surface area contributed by atoms with Gasteiger partial charge in [0.15, 0.2) is 6.10 Å². The molecule has 17 heavy (non-hydrogen) atoms. The van der Waals surface area contributed by atoms with Crippen molar-refractivity contribution in [3.8, 4) is 0 Å². The Hall–Kier alpha value is -1.42. The molecule has 0 radical (unpaired) electrons. The predicted octanol–water partition coefficient (Wildman–Crippen LogP) is 1.70. The van der Waals surface area contributed by atoms with Crippen LogP contribution in [0, 0.1) is 0 Å². The average Bonchev–Trinajstić information content (AvgIpc) is 3.12. The summed E-state index contributed by atoms with van der Waals surface area (Å²) in [5.74, 6) is -0.0704. The lowest BCUT2D eigenvalue weighted by molar-refractivity contribution is -0.133. The fourth-order valence-corrected chi connectivity index (χ4v) is 2.40. The highest BCUT2D eigenvalue weighted by molar-refractivity contribution is 5.83. The highest BCUT2D eigenvalue weighted by Gasteiger charge is 2.43. The van der Waals surface area contributed by atoms with Crippen molar-refractivity contribution in [1.29, 1.82) is 0 Å². The van der Waals surface area contributed by atoms with Crippen LogP contribution in [-0.2, 0) is 9.53 Å². The Morgan fingerprint density at radius 3 is 2.71 bits per heavy atom. The number of epoxide rings is 1. The molecular weight excluding hydrogens is 221 g/mol. The Bertz CT molecular complexity index is 419. The van der Waals surface area contributed by atoms with Gasteiger partial charge >= 0.3 is 0 Å². The minimum Gasteiger partial charge on any atom is -0.363 e. The van der Waals surface area contributed by atoms with Gasteiger partial charge in [-0.15, -0.1) is 0 Å². The van der Waals surface area contributed by atoms with Crippen molar-refractivity contribution >= 4 is 5.91 Å². The zero-order valence-electron chi connectivity index (χ0n) is 9.38. The number of carbonyl (C=O) groups is 1. The lowest BCUT2D eigenvalue weighted by Crippen LogP contribution is -2.34. The standard InChI is InChI=1S/C13H14FNO2/c14-10-6-11(9-4-2-1-3-5-9)15(7-10)13(16)12-8-17-12/h1-5,10-12H,6-8H2. The molecule has 4 heteroatoms.